The number of aromatic nitrogens is 1. The Kier molecular flexibility index (Phi) is 9.41. The Morgan fingerprint density at radius 2 is 1.74 bits per heavy atom. The van der Waals surface area contributed by atoms with Crippen LogP contribution in [-0.4, -0.2) is 74.6 Å². The molecule has 1 fully saturated rings. The number of nitrogens with one attached hydrogen (secondary N) is 1. The second kappa shape index (κ2) is 12.4. The van der Waals surface area contributed by atoms with E-state index in [2.05, 4.69) is 19.2 Å². The first-order chi connectivity index (χ1) is 18.5. The number of halogens is 2. The summed E-state index contributed by atoms with van der Waals surface area (Å²) in [6.07, 6.45) is 2.88. The van der Waals surface area contributed by atoms with Crippen molar-refractivity contribution >= 4 is 40.5 Å². The highest BCUT2D eigenvalue weighted by atomic mass is 35.5. The van der Waals surface area contributed by atoms with Crippen molar-refractivity contribution in [2.45, 2.75) is 45.5 Å². The number of urea groups is 1. The van der Waals surface area contributed by atoms with E-state index in [1.807, 2.05) is 47.8 Å². The number of hydrogen-bond acceptors (Lipinski definition) is 5. The Balaban J connectivity index is 0.000000631. The average Bonchev–Trinajstić information content (AvgIpc) is 3.37. The van der Waals surface area contributed by atoms with Crippen LogP contribution in [0.1, 0.15) is 33.6 Å². The van der Waals surface area contributed by atoms with Crippen LogP contribution >= 0.6 is 11.6 Å². The molecule has 0 saturated carbocycles. The standard InChI is InChI=1S/C25H30ClFN4O2.C2H2O4/c1-5-14-31-24(32)29(7-3)23(25(31,6-2)28-4)33-22-16-30(19-11-9-18(27)10-12-19)21-15-17(26)8-13-20(21)22;3-1(4)2(5)6/h8-13,15-16,23,28H,5-7,14H2,1-4H3;(H,3,4)(H,5,6). The van der Waals surface area contributed by atoms with Crippen molar-refractivity contribution in [3.8, 4) is 11.4 Å². The predicted molar refractivity (Wildman–Crippen MR) is 145 cm³/mol. The van der Waals surface area contributed by atoms with Gasteiger partial charge in [0.15, 0.2) is 5.66 Å². The zero-order valence-corrected chi connectivity index (χ0v) is 22.9. The molecular formula is C27H32ClFN4O6. The van der Waals surface area contributed by atoms with E-state index >= 15 is 0 Å². The number of likely N-dealkylation sites (N-methyl/N-ethyl adjacent to an activating group) is 2. The van der Waals surface area contributed by atoms with E-state index in [4.69, 9.17) is 36.1 Å². The fourth-order valence-corrected chi connectivity index (χ4v) is 4.96. The molecule has 2 unspecified atom stereocenters. The lowest BCUT2D eigenvalue weighted by Gasteiger charge is -2.40. The summed E-state index contributed by atoms with van der Waals surface area (Å²) in [6.45, 7) is 7.24. The molecule has 12 heteroatoms. The van der Waals surface area contributed by atoms with Crippen LogP contribution < -0.4 is 10.1 Å². The predicted octanol–water partition coefficient (Wildman–Crippen LogP) is 4.78. The largest absolute Gasteiger partial charge is 0.473 e. The smallest absolute Gasteiger partial charge is 0.414 e. The van der Waals surface area contributed by atoms with Crippen molar-refractivity contribution in [3.63, 3.8) is 0 Å². The Morgan fingerprint density at radius 3 is 2.26 bits per heavy atom. The van der Waals surface area contributed by atoms with Crippen molar-refractivity contribution in [1.82, 2.24) is 19.7 Å². The molecule has 1 saturated heterocycles. The first-order valence-corrected chi connectivity index (χ1v) is 12.9. The molecule has 0 aliphatic carbocycles. The molecule has 10 nitrogen and oxygen atoms in total. The van der Waals surface area contributed by atoms with Gasteiger partial charge in [0, 0.05) is 29.2 Å². The van der Waals surface area contributed by atoms with E-state index in [1.54, 1.807) is 17.0 Å². The monoisotopic (exact) mass is 562 g/mol. The highest BCUT2D eigenvalue weighted by molar-refractivity contribution is 6.31. The van der Waals surface area contributed by atoms with E-state index < -0.39 is 23.8 Å². The number of carboxylic acids is 2. The number of carbonyl (C=O) groups is 3. The van der Waals surface area contributed by atoms with Gasteiger partial charge in [-0.1, -0.05) is 25.4 Å². The molecule has 3 aromatic rings. The van der Waals surface area contributed by atoms with Crippen molar-refractivity contribution in [2.75, 3.05) is 20.1 Å². The van der Waals surface area contributed by atoms with Gasteiger partial charge in [0.2, 0.25) is 6.23 Å². The first-order valence-electron chi connectivity index (χ1n) is 12.5. The van der Waals surface area contributed by atoms with Gasteiger partial charge in [-0.15, -0.1) is 0 Å². The van der Waals surface area contributed by atoms with Crippen LogP contribution in [0.5, 0.6) is 5.75 Å². The summed E-state index contributed by atoms with van der Waals surface area (Å²) in [5.74, 6) is -3.32. The molecule has 1 aromatic heterocycles. The summed E-state index contributed by atoms with van der Waals surface area (Å²) in [5, 5.41) is 19.6. The van der Waals surface area contributed by atoms with Gasteiger partial charge in [0.1, 0.15) is 11.6 Å². The maximum Gasteiger partial charge on any atom is 0.414 e. The van der Waals surface area contributed by atoms with Gasteiger partial charge in [0.05, 0.1) is 11.7 Å². The quantitative estimate of drug-likeness (QED) is 0.338. The molecule has 2 aromatic carbocycles. The van der Waals surface area contributed by atoms with Crippen LogP contribution in [0, 0.1) is 5.82 Å². The summed E-state index contributed by atoms with van der Waals surface area (Å²) in [5.41, 5.74) is 0.963. The third kappa shape index (κ3) is 5.79. The Bertz CT molecular complexity index is 1330. The topological polar surface area (TPSA) is 124 Å². The molecule has 2 amide bonds. The van der Waals surface area contributed by atoms with E-state index in [0.29, 0.717) is 30.3 Å². The number of aliphatic carboxylic acids is 2. The van der Waals surface area contributed by atoms with Crippen LogP contribution in [-0.2, 0) is 9.59 Å². The average molecular weight is 563 g/mol. The third-order valence-electron chi connectivity index (χ3n) is 6.67. The van der Waals surface area contributed by atoms with Crippen LogP contribution in [0.2, 0.25) is 5.02 Å². The molecule has 39 heavy (non-hydrogen) atoms. The summed E-state index contributed by atoms with van der Waals surface area (Å²) >= 11 is 6.31. The lowest BCUT2D eigenvalue weighted by molar-refractivity contribution is -0.159. The molecule has 1 aliphatic heterocycles. The van der Waals surface area contributed by atoms with Gasteiger partial charge in [-0.25, -0.2) is 18.8 Å². The minimum absolute atomic E-state index is 0.0362. The van der Waals surface area contributed by atoms with E-state index in [1.165, 1.54) is 12.1 Å². The van der Waals surface area contributed by atoms with Crippen LogP contribution in [0.15, 0.2) is 48.7 Å². The van der Waals surface area contributed by atoms with E-state index in [-0.39, 0.29) is 11.8 Å². The Labute approximate surface area is 230 Å². The number of amides is 2. The van der Waals surface area contributed by atoms with Crippen molar-refractivity contribution in [1.29, 1.82) is 0 Å². The number of nitrogens with zero attached hydrogens (tertiary/aromatic N) is 3. The summed E-state index contributed by atoms with van der Waals surface area (Å²) in [6, 6.07) is 11.8. The maximum atomic E-state index is 13.5. The van der Waals surface area contributed by atoms with Gasteiger partial charge >= 0.3 is 18.0 Å². The molecule has 3 N–H and O–H groups in total. The number of carbonyl (C=O) groups excluding carboxylic acids is 1. The lowest BCUT2D eigenvalue weighted by Crippen LogP contribution is -2.62. The highest BCUT2D eigenvalue weighted by Crippen LogP contribution is 2.39. The fraction of sp³-hybridized carbons (Fsp3) is 0.370. The number of fused-ring (bicyclic) bond motifs is 1. The molecule has 2 heterocycles. The summed E-state index contributed by atoms with van der Waals surface area (Å²) < 4.78 is 22.1. The minimum Gasteiger partial charge on any atom is -0.473 e. The molecule has 0 radical (unpaired) electrons. The zero-order chi connectivity index (χ0) is 28.9. The van der Waals surface area contributed by atoms with Gasteiger partial charge < -0.3 is 24.4 Å². The van der Waals surface area contributed by atoms with Gasteiger partial charge in [0.25, 0.3) is 0 Å². The molecule has 0 spiro atoms. The Morgan fingerprint density at radius 1 is 1.10 bits per heavy atom. The number of rotatable bonds is 8. The number of benzene rings is 2. The zero-order valence-electron chi connectivity index (χ0n) is 22.1. The normalized spacial score (nSPS) is 18.7. The van der Waals surface area contributed by atoms with Crippen molar-refractivity contribution in [3.05, 3.63) is 59.5 Å². The second-order valence-corrected chi connectivity index (χ2v) is 9.27. The summed E-state index contributed by atoms with van der Waals surface area (Å²) in [4.78, 5) is 35.2. The van der Waals surface area contributed by atoms with Gasteiger partial charge in [-0.3, -0.25) is 10.2 Å². The van der Waals surface area contributed by atoms with E-state index in [0.717, 1.165) is 23.0 Å². The third-order valence-corrected chi connectivity index (χ3v) is 6.90. The Hall–Kier alpha value is -3.83. The molecule has 4 rings (SSSR count). The van der Waals surface area contributed by atoms with Crippen LogP contribution in [0.3, 0.4) is 0 Å². The number of carboxylic acid groups (broad SMARTS) is 2. The first kappa shape index (κ1) is 29.7. The number of hydrogen-bond donors (Lipinski definition) is 3. The lowest BCUT2D eigenvalue weighted by atomic mass is 10.0. The van der Waals surface area contributed by atoms with Crippen LogP contribution in [0.25, 0.3) is 16.6 Å². The van der Waals surface area contributed by atoms with E-state index in [9.17, 15) is 9.18 Å². The SMILES string of the molecule is CCCN1C(=O)N(CC)C(Oc2cn(-c3ccc(F)cc3)c3cc(Cl)ccc23)C1(CC)NC.O=C(O)C(=O)O. The minimum atomic E-state index is -1.82. The summed E-state index contributed by atoms with van der Waals surface area (Å²) in [7, 11) is 1.87. The molecule has 1 aliphatic rings. The van der Waals surface area contributed by atoms with Gasteiger partial charge in [-0.2, -0.15) is 0 Å². The number of ether oxygens (including phenoxy) is 1. The fourth-order valence-electron chi connectivity index (χ4n) is 4.80. The highest BCUT2D eigenvalue weighted by Gasteiger charge is 2.56. The molecule has 210 valence electrons. The van der Waals surface area contributed by atoms with Gasteiger partial charge in [-0.05, 0) is 69.3 Å². The van der Waals surface area contributed by atoms with Crippen molar-refractivity contribution < 1.29 is 33.7 Å². The molecular weight excluding hydrogens is 531 g/mol. The maximum absolute atomic E-state index is 13.5. The second-order valence-electron chi connectivity index (χ2n) is 8.83. The molecule has 0 bridgehead atoms. The molecule has 2 atom stereocenters. The van der Waals surface area contributed by atoms with Crippen LogP contribution in [0.4, 0.5) is 9.18 Å². The van der Waals surface area contributed by atoms with Crippen molar-refractivity contribution in [2.24, 2.45) is 0 Å².